The molecule has 1 heterocycles. The minimum atomic E-state index is -1.01. The SMILES string of the molecule is COC(C)(C)Cc1nc2c(C(=O)O)cccc2o1. The lowest BCUT2D eigenvalue weighted by Gasteiger charge is -2.20. The second kappa shape index (κ2) is 4.42. The standard InChI is InChI=1S/C13H15NO4/c1-13(2,17-3)7-10-14-11-8(12(15)16)5-4-6-9(11)18-10/h4-6H,7H2,1-3H3,(H,15,16). The van der Waals surface area contributed by atoms with Crippen molar-refractivity contribution in [3.05, 3.63) is 29.7 Å². The zero-order valence-electron chi connectivity index (χ0n) is 10.6. The maximum absolute atomic E-state index is 11.1. The molecule has 5 heteroatoms. The van der Waals surface area contributed by atoms with E-state index in [4.69, 9.17) is 14.3 Å². The number of aromatic nitrogens is 1. The van der Waals surface area contributed by atoms with Crippen molar-refractivity contribution in [3.63, 3.8) is 0 Å². The summed E-state index contributed by atoms with van der Waals surface area (Å²) in [7, 11) is 1.62. The Labute approximate surface area is 104 Å². The van der Waals surface area contributed by atoms with Gasteiger partial charge < -0.3 is 14.3 Å². The van der Waals surface area contributed by atoms with E-state index < -0.39 is 11.6 Å². The summed E-state index contributed by atoms with van der Waals surface area (Å²) in [6, 6.07) is 4.86. The van der Waals surface area contributed by atoms with Gasteiger partial charge >= 0.3 is 5.97 Å². The molecule has 2 aromatic rings. The Morgan fingerprint density at radius 1 is 1.50 bits per heavy atom. The molecule has 1 N–H and O–H groups in total. The molecule has 5 nitrogen and oxygen atoms in total. The van der Waals surface area contributed by atoms with E-state index in [2.05, 4.69) is 4.98 Å². The molecule has 0 fully saturated rings. The predicted octanol–water partition coefficient (Wildman–Crippen LogP) is 2.49. The Morgan fingerprint density at radius 3 is 2.83 bits per heavy atom. The van der Waals surface area contributed by atoms with E-state index in [1.807, 2.05) is 13.8 Å². The fourth-order valence-electron chi connectivity index (χ4n) is 1.68. The number of aromatic carboxylic acids is 1. The molecule has 0 bridgehead atoms. The summed E-state index contributed by atoms with van der Waals surface area (Å²) in [5.41, 5.74) is 0.617. The van der Waals surface area contributed by atoms with Crippen LogP contribution in [-0.4, -0.2) is 28.8 Å². The van der Waals surface area contributed by atoms with Crippen LogP contribution in [0.5, 0.6) is 0 Å². The van der Waals surface area contributed by atoms with Crippen LogP contribution in [0.15, 0.2) is 22.6 Å². The van der Waals surface area contributed by atoms with Crippen molar-refractivity contribution in [1.29, 1.82) is 0 Å². The van der Waals surface area contributed by atoms with Crippen molar-refractivity contribution in [1.82, 2.24) is 4.98 Å². The number of benzene rings is 1. The molecular weight excluding hydrogens is 234 g/mol. The molecule has 96 valence electrons. The fourth-order valence-corrected chi connectivity index (χ4v) is 1.68. The largest absolute Gasteiger partial charge is 0.478 e. The van der Waals surface area contributed by atoms with Gasteiger partial charge in [0, 0.05) is 7.11 Å². The molecular formula is C13H15NO4. The molecule has 0 radical (unpaired) electrons. The number of hydrogen-bond acceptors (Lipinski definition) is 4. The van der Waals surface area contributed by atoms with E-state index in [-0.39, 0.29) is 5.56 Å². The number of hydrogen-bond donors (Lipinski definition) is 1. The summed E-state index contributed by atoms with van der Waals surface area (Å²) in [6.45, 7) is 3.83. The van der Waals surface area contributed by atoms with Gasteiger partial charge in [-0.2, -0.15) is 0 Å². The molecule has 1 aromatic heterocycles. The van der Waals surface area contributed by atoms with Crippen molar-refractivity contribution in [3.8, 4) is 0 Å². The third-order valence-corrected chi connectivity index (χ3v) is 2.82. The maximum atomic E-state index is 11.1. The lowest BCUT2D eigenvalue weighted by Crippen LogP contribution is -2.25. The smallest absolute Gasteiger partial charge is 0.338 e. The van der Waals surface area contributed by atoms with Crippen molar-refractivity contribution < 1.29 is 19.1 Å². The maximum Gasteiger partial charge on any atom is 0.338 e. The first kappa shape index (κ1) is 12.6. The second-order valence-corrected chi connectivity index (χ2v) is 4.71. The highest BCUT2D eigenvalue weighted by Gasteiger charge is 2.22. The molecule has 0 aliphatic rings. The summed E-state index contributed by atoms with van der Waals surface area (Å²) in [5, 5.41) is 9.06. The number of carboxylic acids is 1. The molecule has 0 spiro atoms. The Hall–Kier alpha value is -1.88. The first-order valence-corrected chi connectivity index (χ1v) is 5.60. The van der Waals surface area contributed by atoms with Gasteiger partial charge in [0.05, 0.1) is 17.6 Å². The summed E-state index contributed by atoms with van der Waals surface area (Å²) < 4.78 is 10.8. The molecule has 1 aromatic carbocycles. The van der Waals surface area contributed by atoms with Crippen LogP contribution < -0.4 is 0 Å². The van der Waals surface area contributed by atoms with Gasteiger partial charge in [0.25, 0.3) is 0 Å². The molecule has 2 rings (SSSR count). The van der Waals surface area contributed by atoms with Gasteiger partial charge in [0.2, 0.25) is 0 Å². The van der Waals surface area contributed by atoms with Gasteiger partial charge in [-0.05, 0) is 26.0 Å². The Bertz CT molecular complexity index is 586. The first-order valence-electron chi connectivity index (χ1n) is 5.60. The van der Waals surface area contributed by atoms with Gasteiger partial charge in [-0.15, -0.1) is 0 Å². The number of para-hydroxylation sites is 1. The minimum Gasteiger partial charge on any atom is -0.478 e. The van der Waals surface area contributed by atoms with E-state index in [1.165, 1.54) is 6.07 Å². The van der Waals surface area contributed by atoms with Crippen LogP contribution in [0, 0.1) is 0 Å². The minimum absolute atomic E-state index is 0.151. The topological polar surface area (TPSA) is 72.6 Å². The third-order valence-electron chi connectivity index (χ3n) is 2.82. The lowest BCUT2D eigenvalue weighted by atomic mass is 10.1. The molecule has 0 amide bonds. The van der Waals surface area contributed by atoms with Crippen LogP contribution in [0.25, 0.3) is 11.1 Å². The molecule has 18 heavy (non-hydrogen) atoms. The first-order chi connectivity index (χ1) is 8.43. The predicted molar refractivity (Wildman–Crippen MR) is 65.8 cm³/mol. The van der Waals surface area contributed by atoms with Crippen molar-refractivity contribution in [2.75, 3.05) is 7.11 Å². The number of rotatable bonds is 4. The number of nitrogens with zero attached hydrogens (tertiary/aromatic N) is 1. The average molecular weight is 249 g/mol. The summed E-state index contributed by atoms with van der Waals surface area (Å²) >= 11 is 0. The summed E-state index contributed by atoms with van der Waals surface area (Å²) in [6.07, 6.45) is 0.483. The Kier molecular flexibility index (Phi) is 3.09. The number of oxazole rings is 1. The highest BCUT2D eigenvalue weighted by Crippen LogP contribution is 2.23. The second-order valence-electron chi connectivity index (χ2n) is 4.71. The summed E-state index contributed by atoms with van der Waals surface area (Å²) in [5.74, 6) is -0.531. The molecule has 0 saturated carbocycles. The number of carboxylic acid groups (broad SMARTS) is 1. The van der Waals surface area contributed by atoms with Crippen molar-refractivity contribution in [2.24, 2.45) is 0 Å². The Morgan fingerprint density at radius 2 is 2.22 bits per heavy atom. The monoisotopic (exact) mass is 249 g/mol. The number of fused-ring (bicyclic) bond motifs is 1. The summed E-state index contributed by atoms with van der Waals surface area (Å²) in [4.78, 5) is 15.3. The van der Waals surface area contributed by atoms with Crippen LogP contribution in [0.1, 0.15) is 30.1 Å². The van der Waals surface area contributed by atoms with Crippen LogP contribution in [0.3, 0.4) is 0 Å². The quantitative estimate of drug-likeness (QED) is 0.901. The molecule has 0 saturated heterocycles. The van der Waals surface area contributed by atoms with E-state index in [1.54, 1.807) is 19.2 Å². The van der Waals surface area contributed by atoms with Crippen LogP contribution in [0.4, 0.5) is 0 Å². The van der Waals surface area contributed by atoms with E-state index in [9.17, 15) is 4.79 Å². The molecule has 0 aliphatic carbocycles. The van der Waals surface area contributed by atoms with E-state index in [0.717, 1.165) is 0 Å². The van der Waals surface area contributed by atoms with Gasteiger partial charge in [-0.1, -0.05) is 6.07 Å². The van der Waals surface area contributed by atoms with Gasteiger partial charge in [-0.3, -0.25) is 0 Å². The highest BCUT2D eigenvalue weighted by molar-refractivity contribution is 6.00. The molecule has 0 aliphatic heterocycles. The van der Waals surface area contributed by atoms with Gasteiger partial charge in [0.15, 0.2) is 11.5 Å². The zero-order valence-corrected chi connectivity index (χ0v) is 10.6. The average Bonchev–Trinajstić information content (AvgIpc) is 2.69. The third kappa shape index (κ3) is 2.36. The van der Waals surface area contributed by atoms with Crippen molar-refractivity contribution in [2.45, 2.75) is 25.9 Å². The van der Waals surface area contributed by atoms with E-state index in [0.29, 0.717) is 23.4 Å². The van der Waals surface area contributed by atoms with Crippen LogP contribution in [-0.2, 0) is 11.2 Å². The zero-order chi connectivity index (χ0) is 13.3. The molecule has 0 unspecified atom stereocenters. The van der Waals surface area contributed by atoms with Crippen molar-refractivity contribution >= 4 is 17.1 Å². The number of carbonyl (C=O) groups is 1. The lowest BCUT2D eigenvalue weighted by molar-refractivity contribution is 0.0184. The normalized spacial score (nSPS) is 11.9. The molecule has 0 atom stereocenters. The number of ether oxygens (including phenoxy) is 1. The number of methoxy groups -OCH3 is 1. The highest BCUT2D eigenvalue weighted by atomic mass is 16.5. The Balaban J connectivity index is 2.45. The van der Waals surface area contributed by atoms with Crippen LogP contribution >= 0.6 is 0 Å². The van der Waals surface area contributed by atoms with E-state index >= 15 is 0 Å². The van der Waals surface area contributed by atoms with Gasteiger partial charge in [-0.25, -0.2) is 9.78 Å². The van der Waals surface area contributed by atoms with Gasteiger partial charge in [0.1, 0.15) is 5.52 Å². The fraction of sp³-hybridized carbons (Fsp3) is 0.385. The van der Waals surface area contributed by atoms with Crippen LogP contribution in [0.2, 0.25) is 0 Å².